The van der Waals surface area contributed by atoms with Crippen LogP contribution in [0.25, 0.3) is 6.08 Å². The molecule has 0 saturated carbocycles. The summed E-state index contributed by atoms with van der Waals surface area (Å²) in [5.74, 6) is 2.01. The van der Waals surface area contributed by atoms with Crippen LogP contribution in [0.2, 0.25) is 0 Å². The number of nitrogens with zero attached hydrogens (tertiary/aromatic N) is 2. The van der Waals surface area contributed by atoms with Crippen LogP contribution in [-0.4, -0.2) is 60.3 Å². The van der Waals surface area contributed by atoms with E-state index >= 15 is 0 Å². The van der Waals surface area contributed by atoms with E-state index in [2.05, 4.69) is 88.7 Å². The molecule has 2 aliphatic heterocycles. The van der Waals surface area contributed by atoms with Gasteiger partial charge >= 0.3 is 7.12 Å². The molecular formula is C22H35BN2O2. The van der Waals surface area contributed by atoms with Crippen molar-refractivity contribution in [2.45, 2.75) is 71.4 Å². The molecule has 0 bridgehead atoms. The van der Waals surface area contributed by atoms with Crippen LogP contribution in [0.15, 0.2) is 30.2 Å². The van der Waals surface area contributed by atoms with Crippen LogP contribution in [-0.2, 0) is 15.9 Å². The smallest absolute Gasteiger partial charge is 0.400 e. The Bertz CT molecular complexity index is 643. The Morgan fingerprint density at radius 1 is 1.00 bits per heavy atom. The number of piperazine rings is 1. The van der Waals surface area contributed by atoms with Crippen LogP contribution in [0, 0.1) is 0 Å². The van der Waals surface area contributed by atoms with Gasteiger partial charge in [-0.1, -0.05) is 36.3 Å². The van der Waals surface area contributed by atoms with Crippen molar-refractivity contribution in [2.24, 2.45) is 0 Å². The average Bonchev–Trinajstić information content (AvgIpc) is 2.77. The molecule has 5 heteroatoms. The van der Waals surface area contributed by atoms with Gasteiger partial charge in [0.05, 0.1) is 11.2 Å². The van der Waals surface area contributed by atoms with Crippen LogP contribution in [0.1, 0.15) is 52.7 Å². The lowest BCUT2D eigenvalue weighted by Gasteiger charge is -2.43. The van der Waals surface area contributed by atoms with Crippen molar-refractivity contribution in [2.75, 3.05) is 20.1 Å². The Kier molecular flexibility index (Phi) is 5.88. The molecule has 0 aromatic heterocycles. The van der Waals surface area contributed by atoms with Gasteiger partial charge in [0.25, 0.3) is 0 Å². The van der Waals surface area contributed by atoms with E-state index in [1.807, 2.05) is 5.98 Å². The summed E-state index contributed by atoms with van der Waals surface area (Å²) in [5.41, 5.74) is 1.96. The highest BCUT2D eigenvalue weighted by Gasteiger charge is 2.50. The number of likely N-dealkylation sites (N-methyl/N-ethyl adjacent to an activating group) is 1. The molecule has 2 saturated heterocycles. The molecule has 0 N–H and O–H groups in total. The van der Waals surface area contributed by atoms with E-state index in [9.17, 15) is 0 Å². The average molecular weight is 370 g/mol. The maximum atomic E-state index is 6.02. The molecule has 3 rings (SSSR count). The Balaban J connectivity index is 1.59. The van der Waals surface area contributed by atoms with E-state index in [0.29, 0.717) is 12.1 Å². The molecule has 4 nitrogen and oxygen atoms in total. The maximum Gasteiger partial charge on any atom is 0.487 e. The molecule has 0 amide bonds. The van der Waals surface area contributed by atoms with E-state index in [0.717, 1.165) is 19.6 Å². The van der Waals surface area contributed by atoms with Crippen LogP contribution in [0.5, 0.6) is 0 Å². The lowest BCUT2D eigenvalue weighted by atomic mass is 9.89. The molecule has 1 aromatic rings. The van der Waals surface area contributed by atoms with Crippen LogP contribution < -0.4 is 0 Å². The predicted molar refractivity (Wildman–Crippen MR) is 114 cm³/mol. The third kappa shape index (κ3) is 4.65. The van der Waals surface area contributed by atoms with Gasteiger partial charge in [-0.05, 0) is 59.7 Å². The van der Waals surface area contributed by atoms with E-state index in [-0.39, 0.29) is 18.3 Å². The highest BCUT2D eigenvalue weighted by atomic mass is 16.7. The first-order chi connectivity index (χ1) is 12.6. The number of hydrogen-bond acceptors (Lipinski definition) is 4. The van der Waals surface area contributed by atoms with Gasteiger partial charge in [-0.15, -0.1) is 0 Å². The molecule has 1 aromatic carbocycles. The summed E-state index contributed by atoms with van der Waals surface area (Å²) in [6.07, 6.45) is 2.09. The highest BCUT2D eigenvalue weighted by molar-refractivity contribution is 6.52. The summed E-state index contributed by atoms with van der Waals surface area (Å²) < 4.78 is 12.0. The summed E-state index contributed by atoms with van der Waals surface area (Å²) in [7, 11) is 1.92. The van der Waals surface area contributed by atoms with Crippen molar-refractivity contribution in [1.29, 1.82) is 0 Å². The Labute approximate surface area is 165 Å². The molecule has 0 spiro atoms. The minimum absolute atomic E-state index is 0.290. The third-order valence-electron chi connectivity index (χ3n) is 6.35. The third-order valence-corrected chi connectivity index (χ3v) is 6.35. The minimum Gasteiger partial charge on any atom is -0.400 e. The first kappa shape index (κ1) is 20.6. The molecule has 0 aliphatic carbocycles. The fraction of sp³-hybridized carbons (Fsp3) is 0.636. The summed E-state index contributed by atoms with van der Waals surface area (Å²) in [4.78, 5) is 5.03. The molecule has 2 aliphatic rings. The Morgan fingerprint density at radius 3 is 2.04 bits per heavy atom. The molecule has 2 heterocycles. The van der Waals surface area contributed by atoms with E-state index < -0.39 is 0 Å². The topological polar surface area (TPSA) is 24.9 Å². The van der Waals surface area contributed by atoms with Crippen LogP contribution >= 0.6 is 0 Å². The molecule has 2 fully saturated rings. The highest BCUT2D eigenvalue weighted by Crippen LogP contribution is 2.37. The summed E-state index contributed by atoms with van der Waals surface area (Å²) >= 11 is 0. The van der Waals surface area contributed by atoms with Gasteiger partial charge < -0.3 is 14.2 Å². The fourth-order valence-electron chi connectivity index (χ4n) is 4.03. The van der Waals surface area contributed by atoms with Gasteiger partial charge in [-0.25, -0.2) is 0 Å². The summed E-state index contributed by atoms with van der Waals surface area (Å²) in [6.45, 7) is 16.3. The molecular weight excluding hydrogens is 335 g/mol. The van der Waals surface area contributed by atoms with Crippen molar-refractivity contribution in [3.8, 4) is 0 Å². The second-order valence-electron chi connectivity index (χ2n) is 9.32. The second kappa shape index (κ2) is 7.71. The SMILES string of the molecule is CC1CN(C)CC(C)N1Cc1ccc(C=CB2OC(C)(C)C(C)(C)O2)cc1. The standard InChI is InChI=1S/C22H35BN2O2/c1-17-14-24(7)15-18(2)25(17)16-20-10-8-19(9-11-20)12-13-23-26-21(3,4)22(5,6)27-23/h8-13,17-18H,14-16H2,1-7H3. The van der Waals surface area contributed by atoms with Crippen molar-refractivity contribution in [3.05, 3.63) is 41.4 Å². The van der Waals surface area contributed by atoms with Gasteiger partial charge in [-0.3, -0.25) is 4.90 Å². The largest absolute Gasteiger partial charge is 0.487 e. The Hall–Kier alpha value is -1.14. The van der Waals surface area contributed by atoms with Crippen molar-refractivity contribution in [1.82, 2.24) is 9.80 Å². The van der Waals surface area contributed by atoms with Gasteiger partial charge in [0.2, 0.25) is 0 Å². The van der Waals surface area contributed by atoms with Gasteiger partial charge in [-0.2, -0.15) is 0 Å². The zero-order chi connectivity index (χ0) is 19.8. The number of hydrogen-bond donors (Lipinski definition) is 0. The van der Waals surface area contributed by atoms with Crippen molar-refractivity contribution < 1.29 is 9.31 Å². The minimum atomic E-state index is -0.290. The molecule has 27 heavy (non-hydrogen) atoms. The van der Waals surface area contributed by atoms with E-state index in [4.69, 9.17) is 9.31 Å². The van der Waals surface area contributed by atoms with Crippen LogP contribution in [0.4, 0.5) is 0 Å². The van der Waals surface area contributed by atoms with E-state index in [1.54, 1.807) is 0 Å². The van der Waals surface area contributed by atoms with Crippen molar-refractivity contribution >= 4 is 13.2 Å². The molecule has 148 valence electrons. The normalized spacial score (nSPS) is 28.9. The van der Waals surface area contributed by atoms with Gasteiger partial charge in [0.15, 0.2) is 0 Å². The summed E-state index contributed by atoms with van der Waals surface area (Å²) in [6, 6.07) is 10.0. The monoisotopic (exact) mass is 370 g/mol. The Morgan fingerprint density at radius 2 is 1.52 bits per heavy atom. The number of benzene rings is 1. The van der Waals surface area contributed by atoms with Gasteiger partial charge in [0.1, 0.15) is 0 Å². The zero-order valence-electron chi connectivity index (χ0n) is 18.0. The lowest BCUT2D eigenvalue weighted by Crippen LogP contribution is -2.54. The first-order valence-corrected chi connectivity index (χ1v) is 10.1. The maximum absolute atomic E-state index is 6.02. The number of rotatable bonds is 4. The van der Waals surface area contributed by atoms with Crippen molar-refractivity contribution in [3.63, 3.8) is 0 Å². The fourth-order valence-corrected chi connectivity index (χ4v) is 4.03. The molecule has 2 atom stereocenters. The summed E-state index contributed by atoms with van der Waals surface area (Å²) in [5, 5.41) is 0. The lowest BCUT2D eigenvalue weighted by molar-refractivity contribution is 0.00578. The zero-order valence-corrected chi connectivity index (χ0v) is 18.0. The predicted octanol–water partition coefficient (Wildman–Crippen LogP) is 3.86. The van der Waals surface area contributed by atoms with Crippen LogP contribution in [0.3, 0.4) is 0 Å². The molecule has 0 radical (unpaired) electrons. The quantitative estimate of drug-likeness (QED) is 0.752. The molecule has 2 unspecified atom stereocenters. The van der Waals surface area contributed by atoms with Gasteiger partial charge in [0, 0.05) is 31.7 Å². The second-order valence-corrected chi connectivity index (χ2v) is 9.32. The first-order valence-electron chi connectivity index (χ1n) is 10.1. The van der Waals surface area contributed by atoms with E-state index in [1.165, 1.54) is 11.1 Å².